The normalized spacial score (nSPS) is 7.57. The molecule has 1 N–H and O–H groups in total. The molecule has 0 spiro atoms. The van der Waals surface area contributed by atoms with Crippen molar-refractivity contribution in [2.45, 2.75) is 6.92 Å². The highest BCUT2D eigenvalue weighted by molar-refractivity contribution is 14.0. The van der Waals surface area contributed by atoms with Gasteiger partial charge in [-0.3, -0.25) is 0 Å². The molecule has 0 fully saturated rings. The fourth-order valence-electron chi connectivity index (χ4n) is 0.334. The standard InChI is InChI=1S/C4H6N2.HI/c1-4-2-5-3-6-4;/h2-3H,1H3,(H,5,6);1H. The first kappa shape index (κ1) is 6.94. The number of imidazole rings is 1. The Balaban J connectivity index is 0.000000360. The van der Waals surface area contributed by atoms with Gasteiger partial charge in [0.15, 0.2) is 0 Å². The SMILES string of the molecule is Cc1c[nH]cn1.I. The van der Waals surface area contributed by atoms with Crippen LogP contribution in [0.15, 0.2) is 12.5 Å². The van der Waals surface area contributed by atoms with Crippen molar-refractivity contribution in [1.29, 1.82) is 0 Å². The van der Waals surface area contributed by atoms with E-state index in [9.17, 15) is 0 Å². The van der Waals surface area contributed by atoms with Crippen LogP contribution in [0.25, 0.3) is 0 Å². The molecule has 1 aromatic heterocycles. The molecule has 0 saturated heterocycles. The van der Waals surface area contributed by atoms with E-state index in [1.165, 1.54) is 0 Å². The molecular formula is C4H7IN2. The zero-order valence-electron chi connectivity index (χ0n) is 4.01. The monoisotopic (exact) mass is 210 g/mol. The zero-order valence-corrected chi connectivity index (χ0v) is 6.34. The topological polar surface area (TPSA) is 28.7 Å². The number of nitrogens with one attached hydrogen (secondary N) is 1. The lowest BCUT2D eigenvalue weighted by Gasteiger charge is -1.64. The van der Waals surface area contributed by atoms with Crippen LogP contribution in [-0.2, 0) is 0 Å². The molecule has 0 aromatic carbocycles. The third-order valence-electron chi connectivity index (χ3n) is 0.635. The van der Waals surface area contributed by atoms with Crippen LogP contribution < -0.4 is 0 Å². The van der Waals surface area contributed by atoms with E-state index in [-0.39, 0.29) is 24.0 Å². The molecule has 3 heteroatoms. The molecule has 0 bridgehead atoms. The number of H-pyrrole nitrogens is 1. The Hall–Kier alpha value is -0.0600. The van der Waals surface area contributed by atoms with E-state index >= 15 is 0 Å². The van der Waals surface area contributed by atoms with E-state index in [1.807, 2.05) is 13.1 Å². The van der Waals surface area contributed by atoms with E-state index in [4.69, 9.17) is 0 Å². The van der Waals surface area contributed by atoms with Gasteiger partial charge in [-0.1, -0.05) is 0 Å². The maximum absolute atomic E-state index is 3.86. The summed E-state index contributed by atoms with van der Waals surface area (Å²) in [6, 6.07) is 0. The molecule has 0 saturated carbocycles. The Morgan fingerprint density at radius 1 is 1.71 bits per heavy atom. The third kappa shape index (κ3) is 1.91. The molecule has 0 aliphatic carbocycles. The lowest BCUT2D eigenvalue weighted by Crippen LogP contribution is -1.59. The summed E-state index contributed by atoms with van der Waals surface area (Å²) < 4.78 is 0. The highest BCUT2D eigenvalue weighted by Gasteiger charge is 1.74. The van der Waals surface area contributed by atoms with Gasteiger partial charge in [-0.25, -0.2) is 4.98 Å². The Kier molecular flexibility index (Phi) is 2.98. The van der Waals surface area contributed by atoms with Crippen molar-refractivity contribution in [2.24, 2.45) is 0 Å². The summed E-state index contributed by atoms with van der Waals surface area (Å²) in [6.07, 6.45) is 3.51. The predicted octanol–water partition coefficient (Wildman–Crippen LogP) is 1.34. The van der Waals surface area contributed by atoms with Gasteiger partial charge in [0, 0.05) is 6.20 Å². The van der Waals surface area contributed by atoms with Gasteiger partial charge in [0.25, 0.3) is 0 Å². The van der Waals surface area contributed by atoms with Crippen LogP contribution in [0.2, 0.25) is 0 Å². The van der Waals surface area contributed by atoms with Gasteiger partial charge in [-0.2, -0.15) is 0 Å². The Labute approximate surface area is 59.4 Å². The molecule has 0 radical (unpaired) electrons. The Morgan fingerprint density at radius 2 is 2.43 bits per heavy atom. The van der Waals surface area contributed by atoms with Crippen LogP contribution in [0.5, 0.6) is 0 Å². The predicted molar refractivity (Wildman–Crippen MR) is 38.7 cm³/mol. The Morgan fingerprint density at radius 3 is 2.57 bits per heavy atom. The molecule has 7 heavy (non-hydrogen) atoms. The lowest BCUT2D eigenvalue weighted by molar-refractivity contribution is 1.25. The van der Waals surface area contributed by atoms with Crippen molar-refractivity contribution in [3.05, 3.63) is 18.2 Å². The first-order valence-corrected chi connectivity index (χ1v) is 1.85. The second-order valence-corrected chi connectivity index (χ2v) is 1.21. The molecule has 1 rings (SSSR count). The summed E-state index contributed by atoms with van der Waals surface area (Å²) in [6.45, 7) is 1.94. The van der Waals surface area contributed by atoms with Gasteiger partial charge >= 0.3 is 0 Å². The van der Waals surface area contributed by atoms with E-state index in [0.717, 1.165) is 5.69 Å². The van der Waals surface area contributed by atoms with Crippen molar-refractivity contribution >= 4 is 24.0 Å². The maximum atomic E-state index is 3.86. The number of aromatic nitrogens is 2. The first-order chi connectivity index (χ1) is 2.89. The number of hydrogen-bond donors (Lipinski definition) is 1. The van der Waals surface area contributed by atoms with Crippen molar-refractivity contribution < 1.29 is 0 Å². The van der Waals surface area contributed by atoms with Gasteiger partial charge < -0.3 is 4.98 Å². The molecule has 2 nitrogen and oxygen atoms in total. The van der Waals surface area contributed by atoms with Crippen LogP contribution in [0.4, 0.5) is 0 Å². The van der Waals surface area contributed by atoms with E-state index < -0.39 is 0 Å². The number of aromatic amines is 1. The fraction of sp³-hybridized carbons (Fsp3) is 0.250. The number of rotatable bonds is 0. The largest absolute Gasteiger partial charge is 0.351 e. The molecule has 0 aliphatic heterocycles. The van der Waals surface area contributed by atoms with Crippen LogP contribution >= 0.6 is 24.0 Å². The number of aryl methyl sites for hydroxylation is 1. The van der Waals surface area contributed by atoms with E-state index in [2.05, 4.69) is 9.97 Å². The van der Waals surface area contributed by atoms with Crippen molar-refractivity contribution in [2.75, 3.05) is 0 Å². The third-order valence-corrected chi connectivity index (χ3v) is 0.635. The van der Waals surface area contributed by atoms with Crippen LogP contribution in [-0.4, -0.2) is 9.97 Å². The molecule has 0 aliphatic rings. The van der Waals surface area contributed by atoms with Crippen molar-refractivity contribution in [3.8, 4) is 0 Å². The van der Waals surface area contributed by atoms with Crippen LogP contribution in [0.3, 0.4) is 0 Å². The fourth-order valence-corrected chi connectivity index (χ4v) is 0.334. The molecule has 1 aromatic rings. The van der Waals surface area contributed by atoms with Gasteiger partial charge in [-0.05, 0) is 6.92 Å². The van der Waals surface area contributed by atoms with Gasteiger partial charge in [-0.15, -0.1) is 24.0 Å². The molecule has 0 unspecified atom stereocenters. The summed E-state index contributed by atoms with van der Waals surface area (Å²) in [4.78, 5) is 6.68. The molecule has 0 atom stereocenters. The van der Waals surface area contributed by atoms with Gasteiger partial charge in [0.1, 0.15) is 0 Å². The summed E-state index contributed by atoms with van der Waals surface area (Å²) in [5, 5.41) is 0. The van der Waals surface area contributed by atoms with Gasteiger partial charge in [0.05, 0.1) is 12.0 Å². The average molecular weight is 210 g/mol. The summed E-state index contributed by atoms with van der Waals surface area (Å²) in [5.41, 5.74) is 1.04. The number of hydrogen-bond acceptors (Lipinski definition) is 1. The molecule has 1 heterocycles. The minimum absolute atomic E-state index is 0. The van der Waals surface area contributed by atoms with E-state index in [0.29, 0.717) is 0 Å². The minimum Gasteiger partial charge on any atom is -0.351 e. The zero-order chi connectivity index (χ0) is 4.41. The van der Waals surface area contributed by atoms with Crippen molar-refractivity contribution in [3.63, 3.8) is 0 Å². The minimum atomic E-state index is 0. The highest BCUT2D eigenvalue weighted by Crippen LogP contribution is 1.81. The molecule has 0 amide bonds. The number of nitrogens with zero attached hydrogens (tertiary/aromatic N) is 1. The Bertz CT molecular complexity index is 113. The smallest absolute Gasteiger partial charge is 0.0922 e. The summed E-state index contributed by atoms with van der Waals surface area (Å²) >= 11 is 0. The molecular weight excluding hydrogens is 203 g/mol. The number of halogens is 1. The second kappa shape index (κ2) is 3.01. The first-order valence-electron chi connectivity index (χ1n) is 1.85. The van der Waals surface area contributed by atoms with Crippen LogP contribution in [0.1, 0.15) is 5.69 Å². The quantitative estimate of drug-likeness (QED) is 0.643. The summed E-state index contributed by atoms with van der Waals surface area (Å²) in [7, 11) is 0. The van der Waals surface area contributed by atoms with Crippen LogP contribution in [0, 0.1) is 6.92 Å². The second-order valence-electron chi connectivity index (χ2n) is 1.21. The lowest BCUT2D eigenvalue weighted by atomic mass is 10.6. The van der Waals surface area contributed by atoms with Gasteiger partial charge in [0.2, 0.25) is 0 Å². The average Bonchev–Trinajstić information content (AvgIpc) is 1.86. The maximum Gasteiger partial charge on any atom is 0.0922 e. The van der Waals surface area contributed by atoms with E-state index in [1.54, 1.807) is 6.33 Å². The highest BCUT2D eigenvalue weighted by atomic mass is 127. The summed E-state index contributed by atoms with van der Waals surface area (Å²) in [5.74, 6) is 0. The van der Waals surface area contributed by atoms with Crippen molar-refractivity contribution in [1.82, 2.24) is 9.97 Å². The molecule has 40 valence electrons.